The number of carbonyl (C=O) groups excluding carboxylic acids is 2. The second-order valence-electron chi connectivity index (χ2n) is 6.53. The van der Waals surface area contributed by atoms with Gasteiger partial charge in [0, 0.05) is 25.0 Å². The molecular weight excluding hydrogens is 394 g/mol. The van der Waals surface area contributed by atoms with E-state index in [4.69, 9.17) is 9.47 Å². The number of amides is 2. The van der Waals surface area contributed by atoms with Gasteiger partial charge in [-0.1, -0.05) is 24.3 Å². The van der Waals surface area contributed by atoms with E-state index in [1.165, 1.54) is 6.08 Å². The Morgan fingerprint density at radius 3 is 2.55 bits per heavy atom. The molecule has 0 aliphatic rings. The quantitative estimate of drug-likeness (QED) is 0.546. The van der Waals surface area contributed by atoms with Gasteiger partial charge in [-0.15, -0.1) is 0 Å². The fourth-order valence-corrected chi connectivity index (χ4v) is 2.87. The van der Waals surface area contributed by atoms with Gasteiger partial charge in [0.2, 0.25) is 5.91 Å². The molecule has 0 aliphatic heterocycles. The second kappa shape index (κ2) is 10.6. The molecule has 0 fully saturated rings. The van der Waals surface area contributed by atoms with Crippen molar-refractivity contribution in [2.45, 2.75) is 6.54 Å². The number of anilines is 1. The van der Waals surface area contributed by atoms with Gasteiger partial charge in [0.1, 0.15) is 0 Å². The minimum Gasteiger partial charge on any atom is -0.493 e. The van der Waals surface area contributed by atoms with Crippen molar-refractivity contribution in [3.8, 4) is 11.5 Å². The summed E-state index contributed by atoms with van der Waals surface area (Å²) in [5.41, 5.74) is 2.46. The molecule has 3 rings (SSSR count). The molecule has 7 heteroatoms. The second-order valence-corrected chi connectivity index (χ2v) is 6.53. The Bertz CT molecular complexity index is 1080. The van der Waals surface area contributed by atoms with Crippen LogP contribution in [0, 0.1) is 0 Å². The number of carbonyl (C=O) groups is 2. The predicted octanol–water partition coefficient (Wildman–Crippen LogP) is 3.68. The third-order valence-corrected chi connectivity index (χ3v) is 4.44. The van der Waals surface area contributed by atoms with Gasteiger partial charge in [-0.25, -0.2) is 0 Å². The summed E-state index contributed by atoms with van der Waals surface area (Å²) >= 11 is 0. The van der Waals surface area contributed by atoms with E-state index in [1.54, 1.807) is 75.2 Å². The lowest BCUT2D eigenvalue weighted by Gasteiger charge is -2.10. The van der Waals surface area contributed by atoms with E-state index < -0.39 is 0 Å². The van der Waals surface area contributed by atoms with Crippen molar-refractivity contribution >= 4 is 23.6 Å². The van der Waals surface area contributed by atoms with Crippen LogP contribution < -0.4 is 20.1 Å². The van der Waals surface area contributed by atoms with Crippen LogP contribution in [-0.2, 0) is 11.3 Å². The molecule has 1 heterocycles. The minimum absolute atomic E-state index is 0.288. The first-order valence-electron chi connectivity index (χ1n) is 9.58. The lowest BCUT2D eigenvalue weighted by atomic mass is 10.1. The normalized spacial score (nSPS) is 10.5. The van der Waals surface area contributed by atoms with Crippen molar-refractivity contribution in [1.82, 2.24) is 10.3 Å². The van der Waals surface area contributed by atoms with E-state index in [1.807, 2.05) is 12.1 Å². The topological polar surface area (TPSA) is 89.5 Å². The molecule has 7 nitrogen and oxygen atoms in total. The zero-order valence-electron chi connectivity index (χ0n) is 17.3. The first-order chi connectivity index (χ1) is 15.1. The first-order valence-corrected chi connectivity index (χ1v) is 9.58. The summed E-state index contributed by atoms with van der Waals surface area (Å²) in [6.07, 6.45) is 6.41. The summed E-state index contributed by atoms with van der Waals surface area (Å²) in [6, 6.07) is 15.9. The number of nitrogens with one attached hydrogen (secondary N) is 2. The van der Waals surface area contributed by atoms with Crippen LogP contribution in [-0.4, -0.2) is 31.0 Å². The maximum Gasteiger partial charge on any atom is 0.253 e. The standard InChI is InChI=1S/C24H23N3O4/c1-30-21-11-9-17(14-22(21)31-2)10-12-23(28)27-20-8-4-3-7-19(20)24(29)26-16-18-6-5-13-25-15-18/h3-15H,16H2,1-2H3,(H,26,29)(H,27,28). The summed E-state index contributed by atoms with van der Waals surface area (Å²) in [6.45, 7) is 0.341. The first kappa shape index (κ1) is 21.6. The molecule has 31 heavy (non-hydrogen) atoms. The van der Waals surface area contributed by atoms with E-state index in [0.29, 0.717) is 29.3 Å². The zero-order chi connectivity index (χ0) is 22.1. The summed E-state index contributed by atoms with van der Waals surface area (Å²) in [4.78, 5) is 29.1. The van der Waals surface area contributed by atoms with E-state index in [0.717, 1.165) is 11.1 Å². The molecular formula is C24H23N3O4. The number of methoxy groups -OCH3 is 2. The van der Waals surface area contributed by atoms with Crippen molar-refractivity contribution in [3.05, 3.63) is 89.8 Å². The molecule has 0 atom stereocenters. The van der Waals surface area contributed by atoms with Gasteiger partial charge in [-0.2, -0.15) is 0 Å². The molecule has 0 aliphatic carbocycles. The number of hydrogen-bond acceptors (Lipinski definition) is 5. The molecule has 0 bridgehead atoms. The molecule has 2 aromatic carbocycles. The van der Waals surface area contributed by atoms with Crippen LogP contribution in [0.15, 0.2) is 73.1 Å². The van der Waals surface area contributed by atoms with Crippen molar-refractivity contribution in [1.29, 1.82) is 0 Å². The highest BCUT2D eigenvalue weighted by Gasteiger charge is 2.12. The van der Waals surface area contributed by atoms with Crippen LogP contribution in [0.25, 0.3) is 6.08 Å². The highest BCUT2D eigenvalue weighted by Crippen LogP contribution is 2.28. The predicted molar refractivity (Wildman–Crippen MR) is 119 cm³/mol. The fourth-order valence-electron chi connectivity index (χ4n) is 2.87. The van der Waals surface area contributed by atoms with Gasteiger partial charge in [0.05, 0.1) is 25.5 Å². The maximum absolute atomic E-state index is 12.6. The number of nitrogens with zero attached hydrogens (tertiary/aromatic N) is 1. The molecule has 1 aromatic heterocycles. The van der Waals surface area contributed by atoms with Crippen LogP contribution in [0.4, 0.5) is 5.69 Å². The van der Waals surface area contributed by atoms with Crippen LogP contribution in [0.2, 0.25) is 0 Å². The Balaban J connectivity index is 1.66. The Labute approximate surface area is 180 Å². The Kier molecular flexibility index (Phi) is 7.37. The van der Waals surface area contributed by atoms with E-state index in [9.17, 15) is 9.59 Å². The minimum atomic E-state index is -0.359. The van der Waals surface area contributed by atoms with Crippen LogP contribution in [0.3, 0.4) is 0 Å². The Morgan fingerprint density at radius 2 is 1.81 bits per heavy atom. The maximum atomic E-state index is 12.6. The average molecular weight is 417 g/mol. The molecule has 2 amide bonds. The monoisotopic (exact) mass is 417 g/mol. The van der Waals surface area contributed by atoms with Gasteiger partial charge in [0.25, 0.3) is 5.91 Å². The zero-order valence-corrected chi connectivity index (χ0v) is 17.3. The average Bonchev–Trinajstić information content (AvgIpc) is 2.82. The fraction of sp³-hybridized carbons (Fsp3) is 0.125. The lowest BCUT2D eigenvalue weighted by Crippen LogP contribution is -2.24. The SMILES string of the molecule is COc1ccc(C=CC(=O)Nc2ccccc2C(=O)NCc2cccnc2)cc1OC. The Hall–Kier alpha value is -4.13. The highest BCUT2D eigenvalue weighted by atomic mass is 16.5. The molecule has 0 unspecified atom stereocenters. The van der Waals surface area contributed by atoms with Crippen molar-refractivity contribution < 1.29 is 19.1 Å². The van der Waals surface area contributed by atoms with Crippen molar-refractivity contribution in [2.24, 2.45) is 0 Å². The number of pyridine rings is 1. The third-order valence-electron chi connectivity index (χ3n) is 4.44. The smallest absolute Gasteiger partial charge is 0.253 e. The third kappa shape index (κ3) is 5.93. The van der Waals surface area contributed by atoms with E-state index in [2.05, 4.69) is 15.6 Å². The number of ether oxygens (including phenoxy) is 2. The summed E-state index contributed by atoms with van der Waals surface area (Å²) in [5.74, 6) is 0.530. The van der Waals surface area contributed by atoms with E-state index >= 15 is 0 Å². The van der Waals surface area contributed by atoms with Crippen LogP contribution in [0.1, 0.15) is 21.5 Å². The number of hydrogen-bond donors (Lipinski definition) is 2. The molecule has 2 N–H and O–H groups in total. The number of para-hydroxylation sites is 1. The molecule has 3 aromatic rings. The van der Waals surface area contributed by atoms with Crippen LogP contribution >= 0.6 is 0 Å². The van der Waals surface area contributed by atoms with Gasteiger partial charge in [0.15, 0.2) is 11.5 Å². The van der Waals surface area contributed by atoms with Crippen LogP contribution in [0.5, 0.6) is 11.5 Å². The summed E-state index contributed by atoms with van der Waals surface area (Å²) in [7, 11) is 3.11. The molecule has 0 spiro atoms. The molecule has 0 radical (unpaired) electrons. The molecule has 0 saturated carbocycles. The summed E-state index contributed by atoms with van der Waals surface area (Å²) in [5, 5.41) is 5.59. The number of aromatic nitrogens is 1. The van der Waals surface area contributed by atoms with Crippen molar-refractivity contribution in [3.63, 3.8) is 0 Å². The Morgan fingerprint density at radius 1 is 1.00 bits per heavy atom. The van der Waals surface area contributed by atoms with E-state index in [-0.39, 0.29) is 11.8 Å². The molecule has 158 valence electrons. The summed E-state index contributed by atoms with van der Waals surface area (Å²) < 4.78 is 10.5. The van der Waals surface area contributed by atoms with Gasteiger partial charge in [-0.05, 0) is 47.5 Å². The number of rotatable bonds is 8. The largest absolute Gasteiger partial charge is 0.493 e. The van der Waals surface area contributed by atoms with Gasteiger partial charge >= 0.3 is 0 Å². The highest BCUT2D eigenvalue weighted by molar-refractivity contribution is 6.07. The van der Waals surface area contributed by atoms with Crippen molar-refractivity contribution in [2.75, 3.05) is 19.5 Å². The lowest BCUT2D eigenvalue weighted by molar-refractivity contribution is -0.111. The molecule has 0 saturated heterocycles. The van der Waals surface area contributed by atoms with Gasteiger partial charge in [-0.3, -0.25) is 14.6 Å². The number of benzene rings is 2. The van der Waals surface area contributed by atoms with Gasteiger partial charge < -0.3 is 20.1 Å².